The Balaban J connectivity index is 1.93. The van der Waals surface area contributed by atoms with Crippen molar-refractivity contribution >= 4 is 17.9 Å². The fourth-order valence-corrected chi connectivity index (χ4v) is 3.18. The quantitative estimate of drug-likeness (QED) is 0.774. The van der Waals surface area contributed by atoms with Crippen molar-refractivity contribution in [3.8, 4) is 0 Å². The summed E-state index contributed by atoms with van der Waals surface area (Å²) in [5.74, 6) is 0.226. The highest BCUT2D eigenvalue weighted by Gasteiger charge is 2.38. The third-order valence-corrected chi connectivity index (χ3v) is 4.42. The highest BCUT2D eigenvalue weighted by molar-refractivity contribution is 6.09. The first-order chi connectivity index (χ1) is 10.6. The number of carbonyl (C=O) groups excluding carboxylic acids is 1. The molecule has 110 valence electrons. The fraction of sp³-hybridized carbons (Fsp3) is 0.190. The van der Waals surface area contributed by atoms with E-state index >= 15 is 0 Å². The number of rotatable bonds is 3. The van der Waals surface area contributed by atoms with E-state index in [0.717, 1.165) is 22.3 Å². The molecule has 1 atom stereocenters. The number of ketones is 1. The first-order valence-electron chi connectivity index (χ1n) is 7.65. The van der Waals surface area contributed by atoms with Crippen LogP contribution in [0.4, 0.5) is 0 Å². The maximum atomic E-state index is 12.7. The van der Waals surface area contributed by atoms with Gasteiger partial charge in [-0.25, -0.2) is 0 Å². The molecule has 3 rings (SSSR count). The molecule has 2 aromatic rings. The van der Waals surface area contributed by atoms with Crippen molar-refractivity contribution in [2.75, 3.05) is 0 Å². The maximum Gasteiger partial charge on any atom is 0.169 e. The fourth-order valence-electron chi connectivity index (χ4n) is 3.18. The Hall–Kier alpha value is -2.41. The van der Waals surface area contributed by atoms with Crippen molar-refractivity contribution in [2.45, 2.75) is 25.7 Å². The van der Waals surface area contributed by atoms with E-state index in [-0.39, 0.29) is 5.78 Å². The Bertz CT molecular complexity index is 752. The average molecular weight is 288 g/mol. The number of benzene rings is 2. The standard InChI is InChI=1S/C21H20O/c1-16-15-18-12-6-7-13-19(18)21(2,20(16)22)14-8-11-17-9-4-3-5-10-17/h3-13,15H,14H2,1-2H3/b11-8+/t21-/m0/s1. The molecule has 0 heterocycles. The summed E-state index contributed by atoms with van der Waals surface area (Å²) in [4.78, 5) is 12.7. The summed E-state index contributed by atoms with van der Waals surface area (Å²) in [7, 11) is 0. The number of fused-ring (bicyclic) bond motifs is 1. The highest BCUT2D eigenvalue weighted by Crippen LogP contribution is 2.38. The Morgan fingerprint density at radius 3 is 2.45 bits per heavy atom. The van der Waals surface area contributed by atoms with Gasteiger partial charge in [0.1, 0.15) is 0 Å². The molecule has 0 amide bonds. The van der Waals surface area contributed by atoms with Gasteiger partial charge in [0.2, 0.25) is 0 Å². The van der Waals surface area contributed by atoms with Crippen LogP contribution in [0, 0.1) is 0 Å². The van der Waals surface area contributed by atoms with Crippen LogP contribution >= 0.6 is 0 Å². The minimum Gasteiger partial charge on any atom is -0.294 e. The van der Waals surface area contributed by atoms with Crippen LogP contribution in [-0.4, -0.2) is 5.78 Å². The maximum absolute atomic E-state index is 12.7. The van der Waals surface area contributed by atoms with Gasteiger partial charge < -0.3 is 0 Å². The van der Waals surface area contributed by atoms with Crippen molar-refractivity contribution in [3.05, 3.63) is 82.9 Å². The SMILES string of the molecule is CC1=Cc2ccccc2[C@](C)(C/C=C/c2ccccc2)C1=O. The Kier molecular flexibility index (Phi) is 3.81. The van der Waals surface area contributed by atoms with E-state index in [1.807, 2.05) is 43.3 Å². The molecule has 0 N–H and O–H groups in total. The summed E-state index contributed by atoms with van der Waals surface area (Å²) < 4.78 is 0. The Morgan fingerprint density at radius 1 is 1.00 bits per heavy atom. The van der Waals surface area contributed by atoms with E-state index in [9.17, 15) is 4.79 Å². The molecule has 0 saturated carbocycles. The Labute approximate surface area is 132 Å². The Morgan fingerprint density at radius 2 is 1.68 bits per heavy atom. The van der Waals surface area contributed by atoms with Crippen molar-refractivity contribution < 1.29 is 4.79 Å². The molecule has 1 heteroatoms. The van der Waals surface area contributed by atoms with Crippen LogP contribution in [0.15, 0.2) is 66.2 Å². The number of carbonyl (C=O) groups is 1. The molecule has 0 bridgehead atoms. The minimum absolute atomic E-state index is 0.226. The van der Waals surface area contributed by atoms with Crippen LogP contribution in [0.1, 0.15) is 37.0 Å². The summed E-state index contributed by atoms with van der Waals surface area (Å²) >= 11 is 0. The zero-order chi connectivity index (χ0) is 15.6. The lowest BCUT2D eigenvalue weighted by Gasteiger charge is -2.33. The third kappa shape index (κ3) is 2.55. The van der Waals surface area contributed by atoms with Crippen LogP contribution < -0.4 is 0 Å². The number of allylic oxidation sites excluding steroid dienone is 2. The van der Waals surface area contributed by atoms with Crippen molar-refractivity contribution in [1.29, 1.82) is 0 Å². The van der Waals surface area contributed by atoms with E-state index in [0.29, 0.717) is 6.42 Å². The van der Waals surface area contributed by atoms with Crippen LogP contribution in [0.25, 0.3) is 12.2 Å². The molecule has 0 saturated heterocycles. The average Bonchev–Trinajstić information content (AvgIpc) is 2.54. The lowest BCUT2D eigenvalue weighted by atomic mass is 9.69. The van der Waals surface area contributed by atoms with E-state index < -0.39 is 5.41 Å². The first kappa shape index (κ1) is 14.5. The smallest absolute Gasteiger partial charge is 0.169 e. The summed E-state index contributed by atoms with van der Waals surface area (Å²) in [6, 6.07) is 18.4. The van der Waals surface area contributed by atoms with Gasteiger partial charge in [0.15, 0.2) is 5.78 Å². The summed E-state index contributed by atoms with van der Waals surface area (Å²) in [6.45, 7) is 3.97. The second-order valence-corrected chi connectivity index (χ2v) is 6.09. The largest absolute Gasteiger partial charge is 0.294 e. The molecular weight excluding hydrogens is 268 g/mol. The van der Waals surface area contributed by atoms with Gasteiger partial charge in [0, 0.05) is 0 Å². The molecule has 0 aromatic heterocycles. The zero-order valence-corrected chi connectivity index (χ0v) is 13.0. The van der Waals surface area contributed by atoms with Gasteiger partial charge in [-0.2, -0.15) is 0 Å². The summed E-state index contributed by atoms with van der Waals surface area (Å²) in [5, 5.41) is 0. The molecule has 0 unspecified atom stereocenters. The molecule has 0 fully saturated rings. The van der Waals surface area contributed by atoms with Gasteiger partial charge in [-0.15, -0.1) is 0 Å². The summed E-state index contributed by atoms with van der Waals surface area (Å²) in [6.07, 6.45) is 6.92. The second-order valence-electron chi connectivity index (χ2n) is 6.09. The third-order valence-electron chi connectivity index (χ3n) is 4.42. The van der Waals surface area contributed by atoms with Crippen molar-refractivity contribution in [1.82, 2.24) is 0 Å². The summed E-state index contributed by atoms with van der Waals surface area (Å²) in [5.41, 5.74) is 3.82. The number of hydrogen-bond acceptors (Lipinski definition) is 1. The molecule has 1 nitrogen and oxygen atoms in total. The van der Waals surface area contributed by atoms with Gasteiger partial charge in [-0.05, 0) is 48.6 Å². The van der Waals surface area contributed by atoms with Gasteiger partial charge in [-0.1, -0.05) is 66.7 Å². The van der Waals surface area contributed by atoms with Crippen molar-refractivity contribution in [3.63, 3.8) is 0 Å². The molecule has 0 spiro atoms. The molecule has 1 aliphatic rings. The van der Waals surface area contributed by atoms with Crippen molar-refractivity contribution in [2.24, 2.45) is 0 Å². The predicted molar refractivity (Wildman–Crippen MR) is 92.5 cm³/mol. The minimum atomic E-state index is -0.472. The monoisotopic (exact) mass is 288 g/mol. The van der Waals surface area contributed by atoms with E-state index in [1.54, 1.807) is 0 Å². The van der Waals surface area contributed by atoms with Gasteiger partial charge in [0.05, 0.1) is 5.41 Å². The molecule has 22 heavy (non-hydrogen) atoms. The van der Waals surface area contributed by atoms with Crippen LogP contribution in [0.3, 0.4) is 0 Å². The van der Waals surface area contributed by atoms with Gasteiger partial charge >= 0.3 is 0 Å². The predicted octanol–water partition coefficient (Wildman–Crippen LogP) is 5.03. The highest BCUT2D eigenvalue weighted by atomic mass is 16.1. The molecular formula is C21H20O. The van der Waals surface area contributed by atoms with Gasteiger partial charge in [-0.3, -0.25) is 4.79 Å². The molecule has 0 aliphatic heterocycles. The topological polar surface area (TPSA) is 17.1 Å². The van der Waals surface area contributed by atoms with Crippen LogP contribution in [0.5, 0.6) is 0 Å². The lowest BCUT2D eigenvalue weighted by molar-refractivity contribution is -0.120. The molecule has 1 aliphatic carbocycles. The number of Topliss-reactive ketones (excluding diaryl/α,β-unsaturated/α-hetero) is 1. The normalized spacial score (nSPS) is 20.8. The molecule has 0 radical (unpaired) electrons. The van der Waals surface area contributed by atoms with Crippen LogP contribution in [0.2, 0.25) is 0 Å². The zero-order valence-electron chi connectivity index (χ0n) is 13.0. The second kappa shape index (κ2) is 5.76. The van der Waals surface area contributed by atoms with Gasteiger partial charge in [0.25, 0.3) is 0 Å². The lowest BCUT2D eigenvalue weighted by Crippen LogP contribution is -2.35. The van der Waals surface area contributed by atoms with E-state index in [4.69, 9.17) is 0 Å². The number of hydrogen-bond donors (Lipinski definition) is 0. The van der Waals surface area contributed by atoms with E-state index in [1.165, 1.54) is 0 Å². The van der Waals surface area contributed by atoms with E-state index in [2.05, 4.69) is 43.3 Å². The first-order valence-corrected chi connectivity index (χ1v) is 7.65. The van der Waals surface area contributed by atoms with Crippen LogP contribution in [-0.2, 0) is 10.2 Å². The molecule has 2 aromatic carbocycles.